The van der Waals surface area contributed by atoms with Crippen LogP contribution >= 0.6 is 11.6 Å². The molecule has 1 fully saturated rings. The summed E-state index contributed by atoms with van der Waals surface area (Å²) in [5, 5.41) is 14.7. The molecule has 1 amide bonds. The summed E-state index contributed by atoms with van der Waals surface area (Å²) in [4.78, 5) is 12.1. The number of benzene rings is 1. The van der Waals surface area contributed by atoms with E-state index in [-0.39, 0.29) is 17.7 Å². The first-order valence-electron chi connectivity index (χ1n) is 6.28. The average Bonchev–Trinajstić information content (AvgIpc) is 2.49. The zero-order valence-electron chi connectivity index (χ0n) is 10.8. The minimum atomic E-state index is -0.174. The highest BCUT2D eigenvalue weighted by molar-refractivity contribution is 6.34. The number of oxime groups is 1. The number of rotatable bonds is 3. The molecule has 0 spiro atoms. The van der Waals surface area contributed by atoms with Crippen LogP contribution in [0.1, 0.15) is 18.4 Å². The Balaban J connectivity index is 2.13. The monoisotopic (exact) mass is 297 g/mol. The zero-order chi connectivity index (χ0) is 14.5. The molecule has 0 aliphatic carbocycles. The topological polar surface area (TPSA) is 96.9 Å². The lowest BCUT2D eigenvalue weighted by molar-refractivity contribution is -0.123. The van der Waals surface area contributed by atoms with Gasteiger partial charge in [0.25, 0.3) is 0 Å². The van der Waals surface area contributed by atoms with Gasteiger partial charge in [0.2, 0.25) is 5.91 Å². The van der Waals surface area contributed by atoms with Crippen LogP contribution in [-0.4, -0.2) is 30.2 Å². The Labute approximate surface area is 121 Å². The lowest BCUT2D eigenvalue weighted by Gasteiger charge is -2.21. The molecule has 1 unspecified atom stereocenters. The van der Waals surface area contributed by atoms with E-state index < -0.39 is 0 Å². The molecule has 1 aliphatic heterocycles. The van der Waals surface area contributed by atoms with E-state index in [9.17, 15) is 4.79 Å². The van der Waals surface area contributed by atoms with Crippen LogP contribution < -0.4 is 11.1 Å². The Morgan fingerprint density at radius 3 is 3.00 bits per heavy atom. The molecule has 4 N–H and O–H groups in total. The molecule has 1 saturated heterocycles. The fraction of sp³-hybridized carbons (Fsp3) is 0.385. The molecular formula is C13H16ClN3O3. The number of carbonyl (C=O) groups is 1. The maximum Gasteiger partial charge on any atom is 0.229 e. The van der Waals surface area contributed by atoms with Crippen LogP contribution in [-0.2, 0) is 9.53 Å². The number of anilines is 1. The minimum absolute atomic E-state index is 0.0434. The molecule has 2 rings (SSSR count). The van der Waals surface area contributed by atoms with Crippen molar-refractivity contribution < 1.29 is 14.7 Å². The first-order valence-corrected chi connectivity index (χ1v) is 6.65. The Hall–Kier alpha value is -1.79. The van der Waals surface area contributed by atoms with E-state index in [1.807, 2.05) is 0 Å². The second-order valence-electron chi connectivity index (χ2n) is 4.58. The van der Waals surface area contributed by atoms with Crippen LogP contribution in [0.4, 0.5) is 5.69 Å². The van der Waals surface area contributed by atoms with Crippen molar-refractivity contribution >= 4 is 29.0 Å². The third-order valence-corrected chi connectivity index (χ3v) is 3.49. The smallest absolute Gasteiger partial charge is 0.229 e. The maximum absolute atomic E-state index is 12.1. The first-order chi connectivity index (χ1) is 9.61. The molecule has 1 aliphatic rings. The Kier molecular flexibility index (Phi) is 4.81. The molecule has 1 heterocycles. The second kappa shape index (κ2) is 6.58. The van der Waals surface area contributed by atoms with Crippen molar-refractivity contribution in [3.8, 4) is 0 Å². The lowest BCUT2D eigenvalue weighted by atomic mass is 10.0. The maximum atomic E-state index is 12.1. The number of nitrogens with two attached hydrogens (primary N) is 1. The summed E-state index contributed by atoms with van der Waals surface area (Å²) in [6.45, 7) is 1.12. The van der Waals surface area contributed by atoms with Crippen LogP contribution in [0.25, 0.3) is 0 Å². The van der Waals surface area contributed by atoms with Gasteiger partial charge < -0.3 is 21.0 Å². The molecule has 108 valence electrons. The molecule has 1 aromatic carbocycles. The summed E-state index contributed by atoms with van der Waals surface area (Å²) in [7, 11) is 0. The van der Waals surface area contributed by atoms with Gasteiger partial charge in [-0.2, -0.15) is 0 Å². The van der Waals surface area contributed by atoms with Gasteiger partial charge in [0, 0.05) is 12.2 Å². The molecule has 1 atom stereocenters. The van der Waals surface area contributed by atoms with Crippen molar-refractivity contribution in [2.24, 2.45) is 16.8 Å². The quantitative estimate of drug-likeness (QED) is 0.343. The van der Waals surface area contributed by atoms with Gasteiger partial charge in [-0.3, -0.25) is 4.79 Å². The summed E-state index contributed by atoms with van der Waals surface area (Å²) < 4.78 is 5.28. The van der Waals surface area contributed by atoms with Crippen LogP contribution in [0.5, 0.6) is 0 Å². The Bertz CT molecular complexity index is 528. The van der Waals surface area contributed by atoms with Crippen molar-refractivity contribution in [2.75, 3.05) is 18.5 Å². The van der Waals surface area contributed by atoms with Gasteiger partial charge in [-0.15, -0.1) is 0 Å². The van der Waals surface area contributed by atoms with Crippen molar-refractivity contribution in [1.82, 2.24) is 0 Å². The van der Waals surface area contributed by atoms with Gasteiger partial charge in [0.1, 0.15) is 0 Å². The highest BCUT2D eigenvalue weighted by Crippen LogP contribution is 2.25. The molecule has 1 aromatic rings. The summed E-state index contributed by atoms with van der Waals surface area (Å²) >= 11 is 6.04. The highest BCUT2D eigenvalue weighted by atomic mass is 35.5. The highest BCUT2D eigenvalue weighted by Gasteiger charge is 2.22. The molecule has 0 radical (unpaired) electrons. The van der Waals surface area contributed by atoms with Gasteiger partial charge >= 0.3 is 0 Å². The van der Waals surface area contributed by atoms with E-state index in [2.05, 4.69) is 10.5 Å². The van der Waals surface area contributed by atoms with E-state index in [4.69, 9.17) is 27.3 Å². The van der Waals surface area contributed by atoms with Crippen LogP contribution in [0, 0.1) is 5.92 Å². The normalized spacial score (nSPS) is 19.6. The number of nitrogens with zero attached hydrogens (tertiary/aromatic N) is 1. The van der Waals surface area contributed by atoms with E-state index >= 15 is 0 Å². The van der Waals surface area contributed by atoms with Crippen LogP contribution in [0.3, 0.4) is 0 Å². The van der Waals surface area contributed by atoms with E-state index in [0.29, 0.717) is 29.5 Å². The SMILES string of the molecule is N/C(=N/O)c1ccc(Cl)c(NC(=O)C2CCCOC2)c1. The average molecular weight is 298 g/mol. The number of hydrogen-bond donors (Lipinski definition) is 3. The number of carbonyl (C=O) groups excluding carboxylic acids is 1. The van der Waals surface area contributed by atoms with E-state index in [1.165, 1.54) is 0 Å². The molecule has 0 bridgehead atoms. The number of amidine groups is 1. The van der Waals surface area contributed by atoms with Gasteiger partial charge in [0.05, 0.1) is 23.2 Å². The van der Waals surface area contributed by atoms with Crippen molar-refractivity contribution in [1.29, 1.82) is 0 Å². The molecule has 6 nitrogen and oxygen atoms in total. The number of nitrogens with one attached hydrogen (secondary N) is 1. The standard InChI is InChI=1S/C13H16ClN3O3/c14-10-4-3-8(12(15)17-19)6-11(10)16-13(18)9-2-1-5-20-7-9/h3-4,6,9,19H,1-2,5,7H2,(H2,15,17)(H,16,18). The Morgan fingerprint density at radius 1 is 1.55 bits per heavy atom. The van der Waals surface area contributed by atoms with Gasteiger partial charge in [0.15, 0.2) is 5.84 Å². The third-order valence-electron chi connectivity index (χ3n) is 3.16. The lowest BCUT2D eigenvalue weighted by Crippen LogP contribution is -2.30. The zero-order valence-corrected chi connectivity index (χ0v) is 11.6. The van der Waals surface area contributed by atoms with Gasteiger partial charge in [-0.05, 0) is 31.0 Å². The third kappa shape index (κ3) is 3.40. The predicted octanol–water partition coefficient (Wildman–Crippen LogP) is 1.80. The van der Waals surface area contributed by atoms with Gasteiger partial charge in [-0.1, -0.05) is 16.8 Å². The van der Waals surface area contributed by atoms with E-state index in [0.717, 1.165) is 12.8 Å². The summed E-state index contributed by atoms with van der Waals surface area (Å²) in [6.07, 6.45) is 1.67. The number of halogens is 1. The van der Waals surface area contributed by atoms with Crippen LogP contribution in [0.15, 0.2) is 23.4 Å². The van der Waals surface area contributed by atoms with E-state index in [1.54, 1.807) is 18.2 Å². The largest absolute Gasteiger partial charge is 0.409 e. The summed E-state index contributed by atoms with van der Waals surface area (Å²) in [6, 6.07) is 4.76. The Morgan fingerprint density at radius 2 is 2.35 bits per heavy atom. The second-order valence-corrected chi connectivity index (χ2v) is 4.99. The number of ether oxygens (including phenoxy) is 1. The number of amides is 1. The predicted molar refractivity (Wildman–Crippen MR) is 76.1 cm³/mol. The fourth-order valence-electron chi connectivity index (χ4n) is 2.02. The van der Waals surface area contributed by atoms with Crippen molar-refractivity contribution in [3.63, 3.8) is 0 Å². The molecule has 0 aromatic heterocycles. The number of hydrogen-bond acceptors (Lipinski definition) is 4. The molecule has 0 saturated carbocycles. The summed E-state index contributed by atoms with van der Waals surface area (Å²) in [5.41, 5.74) is 6.43. The minimum Gasteiger partial charge on any atom is -0.409 e. The van der Waals surface area contributed by atoms with Crippen molar-refractivity contribution in [3.05, 3.63) is 28.8 Å². The molecular weight excluding hydrogens is 282 g/mol. The first kappa shape index (κ1) is 14.6. The van der Waals surface area contributed by atoms with Crippen molar-refractivity contribution in [2.45, 2.75) is 12.8 Å². The molecule has 20 heavy (non-hydrogen) atoms. The molecule has 7 heteroatoms. The fourth-order valence-corrected chi connectivity index (χ4v) is 2.19. The van der Waals surface area contributed by atoms with Gasteiger partial charge in [-0.25, -0.2) is 0 Å². The van der Waals surface area contributed by atoms with Crippen LogP contribution in [0.2, 0.25) is 5.02 Å². The summed E-state index contributed by atoms with van der Waals surface area (Å²) in [5.74, 6) is -0.353.